The number of nitrogens with one attached hydrogen (secondary N) is 1. The van der Waals surface area contributed by atoms with Gasteiger partial charge in [0.25, 0.3) is 5.56 Å². The molecule has 1 saturated heterocycles. The Balaban J connectivity index is 1.70. The Hall–Kier alpha value is -2.53. The van der Waals surface area contributed by atoms with Crippen molar-refractivity contribution in [2.75, 3.05) is 6.61 Å². The minimum atomic E-state index is -2.24. The molecular formula is C29H37BrN2O6Si. The minimum Gasteiger partial charge on any atom is -0.456 e. The Bertz CT molecular complexity index is 1410. The summed E-state index contributed by atoms with van der Waals surface area (Å²) in [7, 11) is -2.24. The fourth-order valence-electron chi connectivity index (χ4n) is 6.16. The van der Waals surface area contributed by atoms with Crippen molar-refractivity contribution in [2.45, 2.75) is 83.0 Å². The first kappa shape index (κ1) is 29.4. The predicted molar refractivity (Wildman–Crippen MR) is 158 cm³/mol. The average Bonchev–Trinajstić information content (AvgIpc) is 3.26. The van der Waals surface area contributed by atoms with Crippen molar-refractivity contribution >= 4 is 41.1 Å². The van der Waals surface area contributed by atoms with E-state index in [-0.39, 0.29) is 13.0 Å². The molecular weight excluding hydrogens is 580 g/mol. The first-order valence-electron chi connectivity index (χ1n) is 13.4. The maximum absolute atomic E-state index is 13.1. The maximum atomic E-state index is 13.1. The Labute approximate surface area is 237 Å². The number of ether oxygens (including phenoxy) is 2. The minimum absolute atomic E-state index is 0.239. The van der Waals surface area contributed by atoms with Gasteiger partial charge in [-0.05, 0) is 47.0 Å². The van der Waals surface area contributed by atoms with Crippen molar-refractivity contribution < 1.29 is 18.7 Å². The van der Waals surface area contributed by atoms with Gasteiger partial charge in [-0.15, -0.1) is 0 Å². The number of H-pyrrole nitrogens is 1. The zero-order valence-electron chi connectivity index (χ0n) is 23.3. The van der Waals surface area contributed by atoms with Gasteiger partial charge in [0.2, 0.25) is 0 Å². The van der Waals surface area contributed by atoms with Gasteiger partial charge in [0.05, 0.1) is 23.1 Å². The molecule has 0 bridgehead atoms. The standard InChI is InChI=1S/C29H37BrN2O6Si/c1-17(2)39(18(3)4,19(5)6)36-16-25-24(38-28(34)20-10-8-7-9-11-20)15-26(37-25)32-23-13-12-21(30)14-22(23)27(33)31-29(32)35/h7-14,17-19,24-26H,15-16H2,1-6H3,(H,31,33,35)/t24-,25+,26+/m0/s1. The van der Waals surface area contributed by atoms with E-state index in [1.165, 1.54) is 4.57 Å². The number of esters is 1. The van der Waals surface area contributed by atoms with Gasteiger partial charge < -0.3 is 13.9 Å². The van der Waals surface area contributed by atoms with Crippen LogP contribution in [0.1, 0.15) is 64.5 Å². The van der Waals surface area contributed by atoms with Gasteiger partial charge in [0.1, 0.15) is 18.4 Å². The molecule has 0 spiro atoms. The van der Waals surface area contributed by atoms with Crippen molar-refractivity contribution in [2.24, 2.45) is 0 Å². The summed E-state index contributed by atoms with van der Waals surface area (Å²) in [5.74, 6) is -0.461. The van der Waals surface area contributed by atoms with Crippen LogP contribution in [-0.2, 0) is 13.9 Å². The van der Waals surface area contributed by atoms with Gasteiger partial charge in [-0.1, -0.05) is 75.7 Å². The smallest absolute Gasteiger partial charge is 0.338 e. The van der Waals surface area contributed by atoms with Crippen molar-refractivity contribution in [1.82, 2.24) is 9.55 Å². The number of aromatic amines is 1. The molecule has 0 amide bonds. The lowest BCUT2D eigenvalue weighted by Gasteiger charge is -2.43. The molecule has 0 unspecified atom stereocenters. The zero-order chi connectivity index (χ0) is 28.5. The second kappa shape index (κ2) is 11.9. The van der Waals surface area contributed by atoms with Crippen molar-refractivity contribution in [3.05, 3.63) is 79.4 Å². The Kier molecular flexibility index (Phi) is 9.00. The number of benzene rings is 2. The quantitative estimate of drug-likeness (QED) is 0.228. The number of rotatable bonds is 9. The summed E-state index contributed by atoms with van der Waals surface area (Å²) in [6, 6.07) is 14.0. The summed E-state index contributed by atoms with van der Waals surface area (Å²) in [6.45, 7) is 13.5. The lowest BCUT2D eigenvalue weighted by molar-refractivity contribution is -0.0490. The molecule has 1 aliphatic rings. The van der Waals surface area contributed by atoms with Crippen LogP contribution < -0.4 is 11.2 Å². The topological polar surface area (TPSA) is 99.6 Å². The molecule has 3 atom stereocenters. The zero-order valence-corrected chi connectivity index (χ0v) is 25.9. The van der Waals surface area contributed by atoms with Gasteiger partial charge in [-0.25, -0.2) is 9.59 Å². The first-order valence-corrected chi connectivity index (χ1v) is 16.4. The van der Waals surface area contributed by atoms with Gasteiger partial charge in [0.15, 0.2) is 8.32 Å². The highest BCUT2D eigenvalue weighted by Crippen LogP contribution is 2.43. The summed E-state index contributed by atoms with van der Waals surface area (Å²) in [6.07, 6.45) is -1.75. The molecule has 1 aliphatic heterocycles. The fraction of sp³-hybridized carbons (Fsp3) is 0.483. The lowest BCUT2D eigenvalue weighted by atomic mass is 10.1. The highest BCUT2D eigenvalue weighted by atomic mass is 79.9. The molecule has 0 radical (unpaired) electrons. The molecule has 2 aromatic carbocycles. The third-order valence-corrected chi connectivity index (χ3v) is 14.4. The molecule has 8 nitrogen and oxygen atoms in total. The molecule has 210 valence electrons. The van der Waals surface area contributed by atoms with Crippen LogP contribution in [0.2, 0.25) is 16.6 Å². The lowest BCUT2D eigenvalue weighted by Crippen LogP contribution is -2.50. The Morgan fingerprint density at radius 2 is 1.69 bits per heavy atom. The monoisotopic (exact) mass is 616 g/mol. The number of hydrogen-bond donors (Lipinski definition) is 1. The Morgan fingerprint density at radius 1 is 1.05 bits per heavy atom. The highest BCUT2D eigenvalue weighted by molar-refractivity contribution is 9.10. The molecule has 0 saturated carbocycles. The van der Waals surface area contributed by atoms with E-state index < -0.39 is 44.0 Å². The van der Waals surface area contributed by atoms with Crippen molar-refractivity contribution in [1.29, 1.82) is 0 Å². The molecule has 4 rings (SSSR count). The number of carbonyl (C=O) groups excluding carboxylic acids is 1. The van der Waals surface area contributed by atoms with Crippen LogP contribution in [-0.4, -0.2) is 42.7 Å². The average molecular weight is 618 g/mol. The number of carbonyl (C=O) groups is 1. The highest BCUT2D eigenvalue weighted by Gasteiger charge is 2.47. The van der Waals surface area contributed by atoms with Crippen LogP contribution in [0.15, 0.2) is 62.6 Å². The van der Waals surface area contributed by atoms with E-state index in [0.717, 1.165) is 4.47 Å². The van der Waals surface area contributed by atoms with Gasteiger partial charge in [0, 0.05) is 10.9 Å². The molecule has 39 heavy (non-hydrogen) atoms. The SMILES string of the molecule is CC(C)[Si](OC[C@H]1O[C@@H](n2c(=O)[nH]c(=O)c3cc(Br)ccc32)C[C@@H]1OC(=O)c1ccccc1)(C(C)C)C(C)C. The second-order valence-electron chi connectivity index (χ2n) is 11.1. The molecule has 1 fully saturated rings. The van der Waals surface area contributed by atoms with Gasteiger partial charge in [-0.2, -0.15) is 0 Å². The van der Waals surface area contributed by atoms with Crippen molar-refractivity contribution in [3.63, 3.8) is 0 Å². The third-order valence-electron chi connectivity index (χ3n) is 7.84. The van der Waals surface area contributed by atoms with E-state index in [1.807, 2.05) is 6.07 Å². The number of nitrogens with zero attached hydrogens (tertiary/aromatic N) is 1. The molecule has 10 heteroatoms. The van der Waals surface area contributed by atoms with Gasteiger partial charge >= 0.3 is 11.7 Å². The van der Waals surface area contributed by atoms with E-state index in [9.17, 15) is 14.4 Å². The summed E-state index contributed by atoms with van der Waals surface area (Å²) < 4.78 is 21.4. The third kappa shape index (κ3) is 5.84. The molecule has 3 aromatic rings. The molecule has 1 aromatic heterocycles. The van der Waals surface area contributed by atoms with E-state index in [2.05, 4.69) is 62.5 Å². The predicted octanol–water partition coefficient (Wildman–Crippen LogP) is 6.16. The summed E-state index contributed by atoms with van der Waals surface area (Å²) in [5, 5.41) is 0.357. The van der Waals surface area contributed by atoms with E-state index in [1.54, 1.807) is 42.5 Å². The maximum Gasteiger partial charge on any atom is 0.338 e. The van der Waals surface area contributed by atoms with Gasteiger partial charge in [-0.3, -0.25) is 14.3 Å². The van der Waals surface area contributed by atoms with Crippen LogP contribution >= 0.6 is 15.9 Å². The Morgan fingerprint density at radius 3 is 2.31 bits per heavy atom. The first-order chi connectivity index (χ1) is 18.5. The molecule has 2 heterocycles. The normalized spacial score (nSPS) is 19.9. The number of aromatic nitrogens is 2. The summed E-state index contributed by atoms with van der Waals surface area (Å²) in [4.78, 5) is 41.0. The second-order valence-corrected chi connectivity index (χ2v) is 17.5. The van der Waals surface area contributed by atoms with Crippen LogP contribution in [0, 0.1) is 0 Å². The van der Waals surface area contributed by atoms with Crippen LogP contribution in [0.25, 0.3) is 10.9 Å². The van der Waals surface area contributed by atoms with E-state index in [0.29, 0.717) is 33.1 Å². The van der Waals surface area contributed by atoms with Crippen molar-refractivity contribution in [3.8, 4) is 0 Å². The summed E-state index contributed by atoms with van der Waals surface area (Å²) in [5.41, 5.74) is 0.927. The summed E-state index contributed by atoms with van der Waals surface area (Å²) >= 11 is 3.39. The van der Waals surface area contributed by atoms with E-state index in [4.69, 9.17) is 13.9 Å². The number of fused-ring (bicyclic) bond motifs is 1. The van der Waals surface area contributed by atoms with Crippen LogP contribution in [0.4, 0.5) is 0 Å². The molecule has 1 N–H and O–H groups in total. The van der Waals surface area contributed by atoms with E-state index >= 15 is 0 Å². The number of hydrogen-bond acceptors (Lipinski definition) is 6. The largest absolute Gasteiger partial charge is 0.456 e. The van der Waals surface area contributed by atoms with Crippen LogP contribution in [0.5, 0.6) is 0 Å². The number of halogens is 1. The molecule has 0 aliphatic carbocycles. The fourth-order valence-corrected chi connectivity index (χ4v) is 12.0. The van der Waals surface area contributed by atoms with Crippen LogP contribution in [0.3, 0.4) is 0 Å².